The van der Waals surface area contributed by atoms with Gasteiger partial charge in [0, 0.05) is 6.54 Å². The van der Waals surface area contributed by atoms with E-state index >= 15 is 0 Å². The molecule has 11 heteroatoms. The van der Waals surface area contributed by atoms with E-state index in [1.165, 1.54) is 6.92 Å². The molecular weight excluding hydrogens is 399 g/mol. The molecule has 3 atom stereocenters. The third kappa shape index (κ3) is 11.3. The SMILES string of the molecule is C[C@H](NC(=O)[C@@H](O)C(C)(C)C)C(=O)NCCC[C@H](N)C(=O)OCC(N)(Cl)Cl. The Bertz CT molecular complexity index is 520. The van der Waals surface area contributed by atoms with E-state index in [9.17, 15) is 19.5 Å². The summed E-state index contributed by atoms with van der Waals surface area (Å²) in [5.41, 5.74) is 10.3. The first-order valence-electron chi connectivity index (χ1n) is 8.50. The second-order valence-corrected chi connectivity index (χ2v) is 8.95. The van der Waals surface area contributed by atoms with Gasteiger partial charge in [-0.1, -0.05) is 44.0 Å². The van der Waals surface area contributed by atoms with Gasteiger partial charge in [-0.25, -0.2) is 0 Å². The number of nitrogens with one attached hydrogen (secondary N) is 2. The lowest BCUT2D eigenvalue weighted by Gasteiger charge is -2.26. The number of alkyl halides is 2. The second kappa shape index (κ2) is 11.0. The molecule has 0 radical (unpaired) electrons. The average Bonchev–Trinajstić information content (AvgIpc) is 2.53. The Morgan fingerprint density at radius 3 is 2.22 bits per heavy atom. The fourth-order valence-corrected chi connectivity index (χ4v) is 1.94. The van der Waals surface area contributed by atoms with Crippen LogP contribution < -0.4 is 22.1 Å². The molecule has 0 heterocycles. The van der Waals surface area contributed by atoms with Gasteiger partial charge in [0.2, 0.25) is 16.3 Å². The van der Waals surface area contributed by atoms with Gasteiger partial charge in [0.25, 0.3) is 0 Å². The van der Waals surface area contributed by atoms with Crippen LogP contribution >= 0.6 is 23.2 Å². The van der Waals surface area contributed by atoms with Gasteiger partial charge in [-0.3, -0.25) is 20.1 Å². The number of nitrogens with two attached hydrogens (primary N) is 2. The summed E-state index contributed by atoms with van der Waals surface area (Å²) in [4.78, 5) is 35.5. The molecule has 0 fully saturated rings. The molecule has 158 valence electrons. The van der Waals surface area contributed by atoms with E-state index in [0.717, 1.165) is 0 Å². The number of hydrogen-bond acceptors (Lipinski definition) is 7. The molecule has 0 aromatic rings. The van der Waals surface area contributed by atoms with Crippen LogP contribution in [0.15, 0.2) is 0 Å². The van der Waals surface area contributed by atoms with Crippen LogP contribution in [0.4, 0.5) is 0 Å². The zero-order valence-electron chi connectivity index (χ0n) is 16.1. The number of amides is 2. The lowest BCUT2D eigenvalue weighted by atomic mass is 9.88. The molecule has 0 rings (SSSR count). The Morgan fingerprint density at radius 2 is 1.74 bits per heavy atom. The number of rotatable bonds is 10. The van der Waals surface area contributed by atoms with Gasteiger partial charge >= 0.3 is 5.97 Å². The Labute approximate surface area is 169 Å². The summed E-state index contributed by atoms with van der Waals surface area (Å²) >= 11 is 11.0. The Hall–Kier alpha value is -1.13. The monoisotopic (exact) mass is 428 g/mol. The highest BCUT2D eigenvalue weighted by atomic mass is 35.5. The van der Waals surface area contributed by atoms with E-state index in [4.69, 9.17) is 39.4 Å². The maximum absolute atomic E-state index is 12.0. The predicted octanol–water partition coefficient (Wildman–Crippen LogP) is -0.245. The van der Waals surface area contributed by atoms with Crippen molar-refractivity contribution in [2.75, 3.05) is 13.2 Å². The van der Waals surface area contributed by atoms with E-state index < -0.39 is 52.5 Å². The highest BCUT2D eigenvalue weighted by molar-refractivity contribution is 6.48. The van der Waals surface area contributed by atoms with Crippen molar-refractivity contribution in [1.82, 2.24) is 10.6 Å². The smallest absolute Gasteiger partial charge is 0.323 e. The Balaban J connectivity index is 4.15. The van der Waals surface area contributed by atoms with Crippen LogP contribution in [0.2, 0.25) is 0 Å². The van der Waals surface area contributed by atoms with Gasteiger partial charge in [-0.2, -0.15) is 0 Å². The van der Waals surface area contributed by atoms with Crippen LogP contribution in [0.25, 0.3) is 0 Å². The molecule has 0 spiro atoms. The number of carbonyl (C=O) groups excluding carboxylic acids is 3. The van der Waals surface area contributed by atoms with Crippen LogP contribution in [-0.4, -0.2) is 58.7 Å². The topological polar surface area (TPSA) is 157 Å². The third-order valence-electron chi connectivity index (χ3n) is 3.52. The van der Waals surface area contributed by atoms with Crippen LogP contribution in [0, 0.1) is 5.41 Å². The first-order valence-corrected chi connectivity index (χ1v) is 9.26. The van der Waals surface area contributed by atoms with Crippen molar-refractivity contribution in [3.63, 3.8) is 0 Å². The quantitative estimate of drug-likeness (QED) is 0.139. The summed E-state index contributed by atoms with van der Waals surface area (Å²) in [6.45, 7) is 6.49. The van der Waals surface area contributed by atoms with Crippen molar-refractivity contribution in [2.24, 2.45) is 16.9 Å². The maximum atomic E-state index is 12.0. The first-order chi connectivity index (χ1) is 12.1. The minimum absolute atomic E-state index is 0.244. The molecule has 7 N–H and O–H groups in total. The molecule has 0 saturated carbocycles. The predicted molar refractivity (Wildman–Crippen MR) is 103 cm³/mol. The van der Waals surface area contributed by atoms with Gasteiger partial charge in [-0.05, 0) is 25.2 Å². The molecule has 0 saturated heterocycles. The van der Waals surface area contributed by atoms with Gasteiger partial charge < -0.3 is 26.2 Å². The zero-order valence-corrected chi connectivity index (χ0v) is 17.6. The van der Waals surface area contributed by atoms with Crippen LogP contribution in [0.1, 0.15) is 40.5 Å². The molecule has 9 nitrogen and oxygen atoms in total. The average molecular weight is 429 g/mol. The van der Waals surface area contributed by atoms with E-state index in [2.05, 4.69) is 10.6 Å². The highest BCUT2D eigenvalue weighted by Crippen LogP contribution is 2.19. The summed E-state index contributed by atoms with van der Waals surface area (Å²) < 4.78 is 3.09. The molecule has 2 amide bonds. The summed E-state index contributed by atoms with van der Waals surface area (Å²) in [6, 6.07) is -1.73. The number of hydrogen-bond donors (Lipinski definition) is 5. The molecule has 0 bridgehead atoms. The van der Waals surface area contributed by atoms with Gasteiger partial charge in [0.05, 0.1) is 0 Å². The minimum atomic E-state index is -1.68. The second-order valence-electron chi connectivity index (χ2n) is 7.41. The molecule has 0 unspecified atom stereocenters. The molecule has 0 aliphatic heterocycles. The number of aliphatic hydroxyl groups is 1. The number of ether oxygens (including phenoxy) is 1. The molecule has 0 aliphatic rings. The zero-order chi connectivity index (χ0) is 21.4. The van der Waals surface area contributed by atoms with Crippen LogP contribution in [0.3, 0.4) is 0 Å². The maximum Gasteiger partial charge on any atom is 0.323 e. The van der Waals surface area contributed by atoms with Crippen molar-refractivity contribution < 1.29 is 24.2 Å². The van der Waals surface area contributed by atoms with Crippen molar-refractivity contribution in [3.05, 3.63) is 0 Å². The molecule has 0 aromatic heterocycles. The fourth-order valence-electron chi connectivity index (χ4n) is 1.83. The largest absolute Gasteiger partial charge is 0.460 e. The van der Waals surface area contributed by atoms with Crippen molar-refractivity contribution in [2.45, 2.75) is 63.2 Å². The number of carbonyl (C=O) groups is 3. The normalized spacial score (nSPS) is 15.4. The van der Waals surface area contributed by atoms with Crippen molar-refractivity contribution >= 4 is 41.0 Å². The summed E-state index contributed by atoms with van der Waals surface area (Å²) in [7, 11) is 0. The minimum Gasteiger partial charge on any atom is -0.460 e. The van der Waals surface area contributed by atoms with Crippen LogP contribution in [0.5, 0.6) is 0 Å². The number of esters is 1. The standard InChI is InChI=1S/C16H30Cl2N4O5/c1-9(22-13(25)11(23)15(2,3)4)12(24)21-7-5-6-10(19)14(26)27-8-16(17,18)20/h9-11,23H,5-8,19-20H2,1-4H3,(H,21,24)(H,22,25)/t9-,10-,11+/m0/s1. The van der Waals surface area contributed by atoms with Crippen molar-refractivity contribution in [1.29, 1.82) is 0 Å². The first kappa shape index (κ1) is 25.9. The van der Waals surface area contributed by atoms with Gasteiger partial charge in [0.15, 0.2) is 0 Å². The van der Waals surface area contributed by atoms with E-state index in [1.807, 2.05) is 0 Å². The molecule has 0 aliphatic carbocycles. The van der Waals surface area contributed by atoms with E-state index in [0.29, 0.717) is 6.42 Å². The fraction of sp³-hybridized carbons (Fsp3) is 0.812. The van der Waals surface area contributed by atoms with Gasteiger partial charge in [-0.15, -0.1) is 0 Å². The van der Waals surface area contributed by atoms with E-state index in [1.54, 1.807) is 20.8 Å². The Kier molecular flexibility index (Phi) is 10.6. The molecule has 27 heavy (non-hydrogen) atoms. The summed E-state index contributed by atoms with van der Waals surface area (Å²) in [5.74, 6) is -1.74. The highest BCUT2D eigenvalue weighted by Gasteiger charge is 2.30. The molecular formula is C16H30Cl2N4O5. The number of halogens is 2. The third-order valence-corrected chi connectivity index (χ3v) is 3.74. The lowest BCUT2D eigenvalue weighted by molar-refractivity contribution is -0.145. The Morgan fingerprint density at radius 1 is 1.19 bits per heavy atom. The lowest BCUT2D eigenvalue weighted by Crippen LogP contribution is -2.51. The van der Waals surface area contributed by atoms with Gasteiger partial charge in [0.1, 0.15) is 24.8 Å². The van der Waals surface area contributed by atoms with E-state index in [-0.39, 0.29) is 13.0 Å². The van der Waals surface area contributed by atoms with Crippen molar-refractivity contribution in [3.8, 4) is 0 Å². The molecule has 0 aromatic carbocycles. The summed E-state index contributed by atoms with van der Waals surface area (Å²) in [6.07, 6.45) is -0.571. The van der Waals surface area contributed by atoms with Crippen LogP contribution in [-0.2, 0) is 19.1 Å². The summed E-state index contributed by atoms with van der Waals surface area (Å²) in [5, 5.41) is 14.9. The number of aliphatic hydroxyl groups excluding tert-OH is 1.